The minimum absolute atomic E-state index is 0.600. The van der Waals surface area contributed by atoms with Gasteiger partial charge in [-0.15, -0.1) is 0 Å². The van der Waals surface area contributed by atoms with Crippen LogP contribution in [-0.4, -0.2) is 19.9 Å². The molecule has 2 aromatic heterocycles. The summed E-state index contributed by atoms with van der Waals surface area (Å²) in [5.41, 5.74) is 8.24. The monoisotopic (exact) mass is 228 g/mol. The number of H-pyrrole nitrogens is 2. The molecular weight excluding hydrogens is 216 g/mol. The maximum atomic E-state index is 5.70. The van der Waals surface area contributed by atoms with Crippen LogP contribution in [0.3, 0.4) is 0 Å². The van der Waals surface area contributed by atoms with Gasteiger partial charge in [-0.2, -0.15) is 0 Å². The molecule has 3 rings (SSSR count). The zero-order valence-electron chi connectivity index (χ0n) is 9.07. The fourth-order valence-corrected chi connectivity index (χ4v) is 1.67. The van der Waals surface area contributed by atoms with E-state index in [1.807, 2.05) is 18.2 Å². The van der Waals surface area contributed by atoms with E-state index in [4.69, 9.17) is 5.73 Å². The van der Waals surface area contributed by atoms with Crippen LogP contribution < -0.4 is 11.1 Å². The van der Waals surface area contributed by atoms with Crippen molar-refractivity contribution >= 4 is 22.7 Å². The number of aromatic nitrogens is 4. The summed E-state index contributed by atoms with van der Waals surface area (Å²) in [6, 6.07) is 5.58. The molecular formula is C11H12N6. The molecule has 17 heavy (non-hydrogen) atoms. The third-order valence-corrected chi connectivity index (χ3v) is 2.48. The van der Waals surface area contributed by atoms with Crippen LogP contribution in [0.2, 0.25) is 0 Å². The summed E-state index contributed by atoms with van der Waals surface area (Å²) in [5.74, 6) is 1.58. The molecule has 5 N–H and O–H groups in total. The van der Waals surface area contributed by atoms with Crippen LogP contribution in [0.5, 0.6) is 0 Å². The summed E-state index contributed by atoms with van der Waals surface area (Å²) in [5, 5.41) is 3.15. The van der Waals surface area contributed by atoms with Gasteiger partial charge in [0.2, 0.25) is 5.95 Å². The van der Waals surface area contributed by atoms with Crippen LogP contribution in [0, 0.1) is 0 Å². The van der Waals surface area contributed by atoms with E-state index in [-0.39, 0.29) is 0 Å². The lowest BCUT2D eigenvalue weighted by molar-refractivity contribution is 0.982. The second-order valence-corrected chi connectivity index (χ2v) is 3.75. The van der Waals surface area contributed by atoms with Gasteiger partial charge in [0.15, 0.2) is 0 Å². The Morgan fingerprint density at radius 1 is 1.35 bits per heavy atom. The van der Waals surface area contributed by atoms with Crippen molar-refractivity contribution in [2.24, 2.45) is 0 Å². The molecule has 0 saturated carbocycles. The van der Waals surface area contributed by atoms with Crippen molar-refractivity contribution in [2.75, 3.05) is 11.1 Å². The van der Waals surface area contributed by atoms with Gasteiger partial charge in [0.05, 0.1) is 17.6 Å². The van der Waals surface area contributed by atoms with Gasteiger partial charge in [0, 0.05) is 18.1 Å². The first-order chi connectivity index (χ1) is 8.31. The van der Waals surface area contributed by atoms with E-state index in [1.54, 1.807) is 12.4 Å². The molecule has 0 aliphatic rings. The molecule has 6 nitrogen and oxygen atoms in total. The maximum absolute atomic E-state index is 5.70. The number of fused-ring (bicyclic) bond motifs is 1. The van der Waals surface area contributed by atoms with E-state index in [9.17, 15) is 0 Å². The molecule has 0 amide bonds. The normalized spacial score (nSPS) is 10.8. The van der Waals surface area contributed by atoms with Crippen LogP contribution in [0.25, 0.3) is 11.0 Å². The van der Waals surface area contributed by atoms with Crippen molar-refractivity contribution in [3.63, 3.8) is 0 Å². The quantitative estimate of drug-likeness (QED) is 0.510. The Kier molecular flexibility index (Phi) is 2.18. The largest absolute Gasteiger partial charge is 0.399 e. The average Bonchev–Trinajstić information content (AvgIpc) is 2.94. The van der Waals surface area contributed by atoms with Crippen molar-refractivity contribution < 1.29 is 0 Å². The number of benzene rings is 1. The third kappa shape index (κ3) is 1.92. The standard InChI is InChI=1S/C11H12N6/c12-7-1-2-8-9(5-7)17-11(16-8)15-6-10-13-3-4-14-10/h1-5H,6,12H2,(H,13,14)(H2,15,16,17). The van der Waals surface area contributed by atoms with Crippen molar-refractivity contribution in [1.82, 2.24) is 19.9 Å². The number of nitrogens with two attached hydrogens (primary N) is 1. The van der Waals surface area contributed by atoms with Crippen LogP contribution in [0.4, 0.5) is 11.6 Å². The molecule has 1 aromatic carbocycles. The van der Waals surface area contributed by atoms with E-state index in [0.717, 1.165) is 22.5 Å². The molecule has 6 heteroatoms. The van der Waals surface area contributed by atoms with Gasteiger partial charge in [-0.25, -0.2) is 9.97 Å². The Hall–Kier alpha value is -2.50. The smallest absolute Gasteiger partial charge is 0.201 e. The van der Waals surface area contributed by atoms with E-state index in [1.165, 1.54) is 0 Å². The Balaban J connectivity index is 1.81. The predicted octanol–water partition coefficient (Wildman–Crippen LogP) is 1.48. The highest BCUT2D eigenvalue weighted by molar-refractivity contribution is 5.80. The zero-order chi connectivity index (χ0) is 11.7. The minimum atomic E-state index is 0.600. The van der Waals surface area contributed by atoms with E-state index >= 15 is 0 Å². The number of hydrogen-bond acceptors (Lipinski definition) is 4. The summed E-state index contributed by atoms with van der Waals surface area (Å²) in [7, 11) is 0. The molecule has 0 bridgehead atoms. The van der Waals surface area contributed by atoms with E-state index < -0.39 is 0 Å². The summed E-state index contributed by atoms with van der Waals surface area (Å²) < 4.78 is 0. The fraction of sp³-hybridized carbons (Fsp3) is 0.0909. The summed E-state index contributed by atoms with van der Waals surface area (Å²) in [6.45, 7) is 0.600. The molecule has 0 fully saturated rings. The molecule has 0 aliphatic heterocycles. The lowest BCUT2D eigenvalue weighted by Crippen LogP contribution is -2.02. The number of anilines is 2. The van der Waals surface area contributed by atoms with Crippen LogP contribution in [0.15, 0.2) is 30.6 Å². The summed E-state index contributed by atoms with van der Waals surface area (Å²) >= 11 is 0. The second-order valence-electron chi connectivity index (χ2n) is 3.75. The Morgan fingerprint density at radius 3 is 3.12 bits per heavy atom. The van der Waals surface area contributed by atoms with Crippen LogP contribution in [-0.2, 0) is 6.54 Å². The highest BCUT2D eigenvalue weighted by Crippen LogP contribution is 2.17. The number of rotatable bonds is 3. The number of hydrogen-bond donors (Lipinski definition) is 4. The van der Waals surface area contributed by atoms with Crippen molar-refractivity contribution in [3.8, 4) is 0 Å². The van der Waals surface area contributed by atoms with Crippen LogP contribution in [0.1, 0.15) is 5.82 Å². The van der Waals surface area contributed by atoms with Gasteiger partial charge in [0.1, 0.15) is 5.82 Å². The molecule has 0 radical (unpaired) electrons. The SMILES string of the molecule is Nc1ccc2nc(NCc3ncc[nH]3)[nH]c2c1. The topological polar surface area (TPSA) is 95.4 Å². The van der Waals surface area contributed by atoms with Crippen molar-refractivity contribution in [2.45, 2.75) is 6.54 Å². The zero-order valence-corrected chi connectivity index (χ0v) is 9.07. The maximum Gasteiger partial charge on any atom is 0.201 e. The highest BCUT2D eigenvalue weighted by atomic mass is 15.1. The Morgan fingerprint density at radius 2 is 2.29 bits per heavy atom. The first-order valence-corrected chi connectivity index (χ1v) is 5.28. The van der Waals surface area contributed by atoms with Gasteiger partial charge in [-0.1, -0.05) is 0 Å². The van der Waals surface area contributed by atoms with Gasteiger partial charge >= 0.3 is 0 Å². The molecule has 0 unspecified atom stereocenters. The molecule has 0 spiro atoms. The predicted molar refractivity (Wildman–Crippen MR) is 66.4 cm³/mol. The van der Waals surface area contributed by atoms with Gasteiger partial charge in [-0.05, 0) is 18.2 Å². The van der Waals surface area contributed by atoms with Gasteiger partial charge in [0.25, 0.3) is 0 Å². The van der Waals surface area contributed by atoms with Gasteiger partial charge < -0.3 is 21.0 Å². The molecule has 0 aliphatic carbocycles. The third-order valence-electron chi connectivity index (χ3n) is 2.48. The molecule has 2 heterocycles. The lowest BCUT2D eigenvalue weighted by Gasteiger charge is -1.98. The van der Waals surface area contributed by atoms with Crippen molar-refractivity contribution in [1.29, 1.82) is 0 Å². The molecule has 0 saturated heterocycles. The number of nitrogens with zero attached hydrogens (tertiary/aromatic N) is 2. The minimum Gasteiger partial charge on any atom is -0.399 e. The average molecular weight is 228 g/mol. The van der Waals surface area contributed by atoms with E-state index in [0.29, 0.717) is 12.5 Å². The first kappa shape index (κ1) is 9.71. The number of nitrogen functional groups attached to an aromatic ring is 1. The second kappa shape index (κ2) is 3.82. The number of nitrogens with one attached hydrogen (secondary N) is 3. The fourth-order valence-electron chi connectivity index (χ4n) is 1.67. The summed E-state index contributed by atoms with van der Waals surface area (Å²) in [6.07, 6.45) is 3.51. The Bertz CT molecular complexity index is 625. The lowest BCUT2D eigenvalue weighted by atomic mass is 10.3. The van der Waals surface area contributed by atoms with Gasteiger partial charge in [-0.3, -0.25) is 0 Å². The van der Waals surface area contributed by atoms with E-state index in [2.05, 4.69) is 25.3 Å². The first-order valence-electron chi connectivity index (χ1n) is 5.28. The Labute approximate surface area is 97.3 Å². The summed E-state index contributed by atoms with van der Waals surface area (Å²) in [4.78, 5) is 14.7. The van der Waals surface area contributed by atoms with Crippen LogP contribution >= 0.6 is 0 Å². The number of imidazole rings is 2. The molecule has 86 valence electrons. The number of aromatic amines is 2. The molecule has 3 aromatic rings. The van der Waals surface area contributed by atoms with Crippen molar-refractivity contribution in [3.05, 3.63) is 36.4 Å². The molecule has 0 atom stereocenters. The highest BCUT2D eigenvalue weighted by Gasteiger charge is 2.02.